The summed E-state index contributed by atoms with van der Waals surface area (Å²) in [6, 6.07) is 8.30. The van der Waals surface area contributed by atoms with Crippen molar-refractivity contribution in [2.75, 3.05) is 20.3 Å². The predicted molar refractivity (Wildman–Crippen MR) is 173 cm³/mol. The number of nitrogens with one attached hydrogen (secondary N) is 3. The number of ether oxygens (including phenoxy) is 3. The lowest BCUT2D eigenvalue weighted by atomic mass is 9.95. The second-order valence-electron chi connectivity index (χ2n) is 11.1. The molecule has 2 aromatic heterocycles. The molecule has 0 saturated carbocycles. The van der Waals surface area contributed by atoms with Crippen LogP contribution in [0.3, 0.4) is 0 Å². The van der Waals surface area contributed by atoms with Gasteiger partial charge in [0.05, 0.1) is 37.1 Å². The zero-order chi connectivity index (χ0) is 33.0. The minimum absolute atomic E-state index is 0.140. The fraction of sp³-hybridized carbons (Fsp3) is 0.394. The monoisotopic (exact) mass is 646 g/mol. The third-order valence-corrected chi connectivity index (χ3v) is 9.31. The number of rotatable bonds is 11. The number of hydrazone groups is 1. The number of nitriles is 1. The van der Waals surface area contributed by atoms with Gasteiger partial charge in [-0.3, -0.25) is 5.43 Å². The van der Waals surface area contributed by atoms with E-state index in [1.165, 1.54) is 17.6 Å². The highest BCUT2D eigenvalue weighted by Gasteiger charge is 2.32. The van der Waals surface area contributed by atoms with Crippen LogP contribution >= 0.6 is 11.3 Å². The first-order valence-electron chi connectivity index (χ1n) is 15.1. The predicted octanol–water partition coefficient (Wildman–Crippen LogP) is 4.43. The molecule has 3 heterocycles. The van der Waals surface area contributed by atoms with Gasteiger partial charge < -0.3 is 34.5 Å². The van der Waals surface area contributed by atoms with E-state index in [4.69, 9.17) is 14.2 Å². The van der Waals surface area contributed by atoms with E-state index in [1.54, 1.807) is 42.7 Å². The largest absolute Gasteiger partial charge is 0.490 e. The highest BCUT2D eigenvalue weighted by atomic mass is 32.1. The second kappa shape index (κ2) is 14.1. The number of benzene rings is 1. The van der Waals surface area contributed by atoms with Gasteiger partial charge in [0.1, 0.15) is 17.7 Å². The molecule has 242 valence electrons. The summed E-state index contributed by atoms with van der Waals surface area (Å²) in [5.41, 5.74) is 8.74. The van der Waals surface area contributed by atoms with Crippen molar-refractivity contribution in [1.82, 2.24) is 20.6 Å². The van der Waals surface area contributed by atoms with Gasteiger partial charge in [-0.05, 0) is 82.7 Å². The average molecular weight is 647 g/mol. The van der Waals surface area contributed by atoms with Gasteiger partial charge in [0.15, 0.2) is 17.7 Å². The third kappa shape index (κ3) is 6.59. The summed E-state index contributed by atoms with van der Waals surface area (Å²) in [6.07, 6.45) is 4.75. The Labute approximate surface area is 271 Å². The lowest BCUT2D eigenvalue weighted by Gasteiger charge is -2.28. The van der Waals surface area contributed by atoms with Gasteiger partial charge in [-0.25, -0.2) is 9.59 Å². The van der Waals surface area contributed by atoms with Crippen molar-refractivity contribution in [1.29, 1.82) is 5.26 Å². The number of fused-ring (bicyclic) bond motifs is 1. The first-order valence-corrected chi connectivity index (χ1v) is 15.9. The van der Waals surface area contributed by atoms with Gasteiger partial charge in [-0.2, -0.15) is 10.4 Å². The first kappa shape index (κ1) is 32.6. The SMILES string of the molecule is CCOc1cc([C@H]2NC(=O)NC(C)=C2C(=O)OC)ccc1OC[C@H](O)N/N=C\c1cc(C)n(-c2sc3c(c2C#N)CCCC3)c1C. The number of amides is 2. The number of urea groups is 1. The van der Waals surface area contributed by atoms with Gasteiger partial charge in [0, 0.05) is 27.5 Å². The Balaban J connectivity index is 1.26. The number of carbonyl (C=O) groups is 2. The van der Waals surface area contributed by atoms with Gasteiger partial charge in [-0.1, -0.05) is 6.07 Å². The number of aromatic nitrogens is 1. The van der Waals surface area contributed by atoms with Crippen LogP contribution in [0, 0.1) is 25.2 Å². The fourth-order valence-electron chi connectivity index (χ4n) is 5.87. The van der Waals surface area contributed by atoms with E-state index in [0.717, 1.165) is 53.2 Å². The molecule has 1 aromatic carbocycles. The molecule has 0 fully saturated rings. The molecule has 0 bridgehead atoms. The molecule has 0 unspecified atom stereocenters. The number of allylic oxidation sites excluding steroid dienone is 1. The summed E-state index contributed by atoms with van der Waals surface area (Å²) in [5.74, 6) is 0.179. The van der Waals surface area contributed by atoms with Gasteiger partial charge >= 0.3 is 12.0 Å². The maximum atomic E-state index is 12.5. The van der Waals surface area contributed by atoms with Crippen LogP contribution in [0.1, 0.15) is 71.2 Å². The number of nitrogens with zero attached hydrogens (tertiary/aromatic N) is 3. The molecular weight excluding hydrogens is 608 g/mol. The van der Waals surface area contributed by atoms with Gasteiger partial charge in [0.25, 0.3) is 0 Å². The molecule has 2 amide bonds. The van der Waals surface area contributed by atoms with Crippen molar-refractivity contribution in [3.63, 3.8) is 0 Å². The maximum absolute atomic E-state index is 12.5. The highest BCUT2D eigenvalue weighted by molar-refractivity contribution is 7.15. The molecule has 0 saturated heterocycles. The molecule has 3 aromatic rings. The number of esters is 1. The Hall–Kier alpha value is -4.80. The van der Waals surface area contributed by atoms with Crippen molar-refractivity contribution in [3.8, 4) is 22.6 Å². The molecule has 12 nitrogen and oxygen atoms in total. The van der Waals surface area contributed by atoms with E-state index < -0.39 is 24.3 Å². The molecule has 2 atom stereocenters. The van der Waals surface area contributed by atoms with E-state index >= 15 is 0 Å². The van der Waals surface area contributed by atoms with Crippen LogP contribution < -0.4 is 25.5 Å². The molecule has 1 aliphatic heterocycles. The normalized spacial score (nSPS) is 16.7. The van der Waals surface area contributed by atoms with Crippen LogP contribution in [-0.4, -0.2) is 54.4 Å². The van der Waals surface area contributed by atoms with E-state index in [-0.39, 0.29) is 12.2 Å². The number of hydrogen-bond donors (Lipinski definition) is 4. The van der Waals surface area contributed by atoms with Crippen LogP contribution in [0.2, 0.25) is 0 Å². The Bertz CT molecular complexity index is 1750. The lowest BCUT2D eigenvalue weighted by Crippen LogP contribution is -2.45. The standard InChI is InChI=1S/C33H38N6O6S/c1-6-44-26-14-21(30-29(32(41)43-5)19(3)36-33(42)37-30)11-12-25(26)45-17-28(40)38-35-16-22-13-18(2)39(20(22)4)31-24(15-34)23-9-7-8-10-27(23)46-31/h11-14,16,28,30,38,40H,6-10,17H2,1-5H3,(H2,36,37,42)/b35-16-/t28-,30+/m0/s1. The summed E-state index contributed by atoms with van der Waals surface area (Å²) in [6.45, 7) is 7.65. The van der Waals surface area contributed by atoms with Crippen molar-refractivity contribution >= 4 is 29.6 Å². The number of aliphatic hydroxyl groups is 1. The summed E-state index contributed by atoms with van der Waals surface area (Å²) in [5, 5.41) is 31.1. The van der Waals surface area contributed by atoms with Crippen molar-refractivity contribution in [2.45, 2.75) is 65.6 Å². The molecule has 1 aliphatic carbocycles. The number of hydrogen-bond acceptors (Lipinski definition) is 10. The van der Waals surface area contributed by atoms with E-state index in [2.05, 4.69) is 31.8 Å². The first-order chi connectivity index (χ1) is 22.2. The van der Waals surface area contributed by atoms with Crippen LogP contribution in [0.4, 0.5) is 4.79 Å². The number of aryl methyl sites for hydroxylation is 2. The minimum atomic E-state index is -1.14. The molecular formula is C33H38N6O6S. The molecule has 13 heteroatoms. The third-order valence-electron chi connectivity index (χ3n) is 8.04. The van der Waals surface area contributed by atoms with E-state index in [9.17, 15) is 20.0 Å². The lowest BCUT2D eigenvalue weighted by molar-refractivity contribution is -0.136. The Kier molecular flexibility index (Phi) is 9.99. The summed E-state index contributed by atoms with van der Waals surface area (Å²) < 4.78 is 18.7. The van der Waals surface area contributed by atoms with Crippen LogP contribution in [-0.2, 0) is 22.4 Å². The maximum Gasteiger partial charge on any atom is 0.337 e. The van der Waals surface area contributed by atoms with Crippen molar-refractivity contribution in [2.24, 2.45) is 5.10 Å². The van der Waals surface area contributed by atoms with Crippen LogP contribution in [0.15, 0.2) is 40.6 Å². The quantitative estimate of drug-likeness (QED) is 0.103. The summed E-state index contributed by atoms with van der Waals surface area (Å²) in [7, 11) is 1.28. The summed E-state index contributed by atoms with van der Waals surface area (Å²) in [4.78, 5) is 26.0. The molecule has 46 heavy (non-hydrogen) atoms. The van der Waals surface area contributed by atoms with Crippen LogP contribution in [0.5, 0.6) is 11.5 Å². The Morgan fingerprint density at radius 2 is 2.02 bits per heavy atom. The number of carbonyl (C=O) groups excluding carboxylic acids is 2. The molecule has 0 radical (unpaired) electrons. The zero-order valence-corrected chi connectivity index (χ0v) is 27.3. The number of thiophene rings is 1. The Morgan fingerprint density at radius 3 is 2.76 bits per heavy atom. The molecule has 4 N–H and O–H groups in total. The number of aliphatic hydroxyl groups excluding tert-OH is 1. The number of methoxy groups -OCH3 is 1. The van der Waals surface area contributed by atoms with Gasteiger partial charge in [0.2, 0.25) is 0 Å². The zero-order valence-electron chi connectivity index (χ0n) is 26.5. The van der Waals surface area contributed by atoms with Crippen molar-refractivity contribution < 1.29 is 28.9 Å². The Morgan fingerprint density at radius 1 is 1.24 bits per heavy atom. The highest BCUT2D eigenvalue weighted by Crippen LogP contribution is 2.38. The minimum Gasteiger partial charge on any atom is -0.490 e. The summed E-state index contributed by atoms with van der Waals surface area (Å²) >= 11 is 1.70. The average Bonchev–Trinajstić information content (AvgIpc) is 3.54. The van der Waals surface area contributed by atoms with E-state index in [1.807, 2.05) is 26.8 Å². The second-order valence-corrected chi connectivity index (χ2v) is 12.2. The molecule has 0 spiro atoms. The van der Waals surface area contributed by atoms with E-state index in [0.29, 0.717) is 29.4 Å². The molecule has 2 aliphatic rings. The van der Waals surface area contributed by atoms with Crippen molar-refractivity contribution in [3.05, 3.63) is 74.1 Å². The molecule has 5 rings (SSSR count). The van der Waals surface area contributed by atoms with Gasteiger partial charge in [-0.15, -0.1) is 11.3 Å². The topological polar surface area (TPSA) is 159 Å². The smallest absolute Gasteiger partial charge is 0.337 e. The van der Waals surface area contributed by atoms with Crippen LogP contribution in [0.25, 0.3) is 5.00 Å². The fourth-order valence-corrected chi connectivity index (χ4v) is 7.32.